The highest BCUT2D eigenvalue weighted by Crippen LogP contribution is 2.16. The van der Waals surface area contributed by atoms with E-state index in [1.165, 1.54) is 9.13 Å². The molecule has 4 rings (SSSR count). The third kappa shape index (κ3) is 3.93. The van der Waals surface area contributed by atoms with Crippen molar-refractivity contribution in [2.24, 2.45) is 0 Å². The number of para-hydroxylation sites is 2. The topological polar surface area (TPSA) is 82.3 Å². The zero-order chi connectivity index (χ0) is 21.1. The van der Waals surface area contributed by atoms with Gasteiger partial charge >= 0.3 is 5.69 Å². The van der Waals surface area contributed by atoms with E-state index in [1.807, 2.05) is 31.2 Å². The fourth-order valence-electron chi connectivity index (χ4n) is 3.96. The first-order chi connectivity index (χ1) is 14.6. The van der Waals surface area contributed by atoms with Crippen molar-refractivity contribution in [3.8, 4) is 0 Å². The van der Waals surface area contributed by atoms with Gasteiger partial charge in [0.15, 0.2) is 0 Å². The van der Waals surface area contributed by atoms with Crippen LogP contribution in [0.5, 0.6) is 0 Å². The van der Waals surface area contributed by atoms with E-state index in [2.05, 4.69) is 5.32 Å². The molecule has 0 spiro atoms. The van der Waals surface area contributed by atoms with Gasteiger partial charge in [0.1, 0.15) is 6.54 Å². The molecule has 1 aromatic heterocycles. The van der Waals surface area contributed by atoms with Crippen molar-refractivity contribution in [1.29, 1.82) is 0 Å². The molecule has 1 unspecified atom stereocenters. The van der Waals surface area contributed by atoms with Gasteiger partial charge < -0.3 is 10.1 Å². The third-order valence-electron chi connectivity index (χ3n) is 5.52. The Morgan fingerprint density at radius 3 is 2.63 bits per heavy atom. The number of aromatic nitrogens is 2. The smallest absolute Gasteiger partial charge is 0.332 e. The molecule has 0 saturated carbocycles. The molecule has 7 heteroatoms. The van der Waals surface area contributed by atoms with Crippen LogP contribution < -0.4 is 16.6 Å². The number of rotatable bonds is 6. The van der Waals surface area contributed by atoms with E-state index >= 15 is 0 Å². The van der Waals surface area contributed by atoms with E-state index in [4.69, 9.17) is 4.74 Å². The normalized spacial score (nSPS) is 16.1. The lowest BCUT2D eigenvalue weighted by molar-refractivity contribution is -0.116. The Kier molecular flexibility index (Phi) is 5.81. The second-order valence-corrected chi connectivity index (χ2v) is 7.50. The zero-order valence-corrected chi connectivity index (χ0v) is 17.0. The first-order valence-electron chi connectivity index (χ1n) is 10.3. The van der Waals surface area contributed by atoms with E-state index in [9.17, 15) is 14.4 Å². The minimum atomic E-state index is -0.492. The molecule has 30 heavy (non-hydrogen) atoms. The fraction of sp³-hybridized carbons (Fsp3) is 0.348. The standard InChI is InChI=1S/C23H25N3O4/c1-2-16-8-3-5-11-19(16)24-21(27)15-25-20-12-6-4-10-18(20)22(28)26(23(25)29)14-17-9-7-13-30-17/h3-6,8,10-12,17H,2,7,9,13-15H2,1H3,(H,24,27). The molecule has 1 N–H and O–H groups in total. The number of carbonyl (C=O) groups is 1. The van der Waals surface area contributed by atoms with Gasteiger partial charge in [0.25, 0.3) is 5.56 Å². The number of ether oxygens (including phenoxy) is 1. The minimum Gasteiger partial charge on any atom is -0.376 e. The van der Waals surface area contributed by atoms with Gasteiger partial charge in [-0.15, -0.1) is 0 Å². The van der Waals surface area contributed by atoms with Crippen LogP contribution in [0.15, 0.2) is 58.1 Å². The third-order valence-corrected chi connectivity index (χ3v) is 5.52. The second-order valence-electron chi connectivity index (χ2n) is 7.50. The van der Waals surface area contributed by atoms with Crippen LogP contribution in [0, 0.1) is 0 Å². The highest BCUT2D eigenvalue weighted by atomic mass is 16.5. The number of hydrogen-bond acceptors (Lipinski definition) is 4. The van der Waals surface area contributed by atoms with E-state index in [0.717, 1.165) is 30.5 Å². The molecule has 0 aliphatic carbocycles. The number of anilines is 1. The van der Waals surface area contributed by atoms with Crippen LogP contribution in [0.1, 0.15) is 25.3 Å². The average molecular weight is 407 g/mol. The number of nitrogens with one attached hydrogen (secondary N) is 1. The van der Waals surface area contributed by atoms with E-state index in [0.29, 0.717) is 17.5 Å². The highest BCUT2D eigenvalue weighted by Gasteiger charge is 2.21. The summed E-state index contributed by atoms with van der Waals surface area (Å²) in [5.41, 5.74) is 1.36. The van der Waals surface area contributed by atoms with Gasteiger partial charge in [0.2, 0.25) is 5.91 Å². The molecule has 2 aromatic carbocycles. The Morgan fingerprint density at radius 1 is 1.10 bits per heavy atom. The van der Waals surface area contributed by atoms with Crippen molar-refractivity contribution in [3.63, 3.8) is 0 Å². The van der Waals surface area contributed by atoms with Crippen molar-refractivity contribution in [1.82, 2.24) is 9.13 Å². The van der Waals surface area contributed by atoms with Gasteiger partial charge in [-0.3, -0.25) is 18.7 Å². The number of carbonyl (C=O) groups excluding carboxylic acids is 1. The molecule has 0 radical (unpaired) electrons. The van der Waals surface area contributed by atoms with Crippen molar-refractivity contribution in [3.05, 3.63) is 74.9 Å². The monoisotopic (exact) mass is 407 g/mol. The SMILES string of the molecule is CCc1ccccc1NC(=O)Cn1c(=O)n(CC2CCCO2)c(=O)c2ccccc21. The molecular formula is C23H25N3O4. The summed E-state index contributed by atoms with van der Waals surface area (Å²) in [5.74, 6) is -0.314. The Hall–Kier alpha value is -3.19. The number of hydrogen-bond donors (Lipinski definition) is 1. The molecule has 3 aromatic rings. The van der Waals surface area contributed by atoms with Gasteiger partial charge in [0, 0.05) is 12.3 Å². The van der Waals surface area contributed by atoms with Crippen molar-refractivity contribution in [2.45, 2.75) is 45.4 Å². The van der Waals surface area contributed by atoms with E-state index in [-0.39, 0.29) is 30.7 Å². The minimum absolute atomic E-state index is 0.157. The number of nitrogens with zero attached hydrogens (tertiary/aromatic N) is 2. The largest absolute Gasteiger partial charge is 0.376 e. The lowest BCUT2D eigenvalue weighted by Gasteiger charge is -2.16. The van der Waals surface area contributed by atoms with Gasteiger partial charge in [-0.1, -0.05) is 37.3 Å². The van der Waals surface area contributed by atoms with Gasteiger partial charge in [0.05, 0.1) is 23.6 Å². The summed E-state index contributed by atoms with van der Waals surface area (Å²) in [6, 6.07) is 14.5. The Bertz CT molecular complexity index is 1190. The van der Waals surface area contributed by atoms with Crippen LogP contribution in [-0.2, 0) is 29.0 Å². The molecule has 1 aliphatic rings. The summed E-state index contributed by atoms with van der Waals surface area (Å²) >= 11 is 0. The van der Waals surface area contributed by atoms with E-state index < -0.39 is 5.69 Å². The predicted molar refractivity (Wildman–Crippen MR) is 116 cm³/mol. The molecular weight excluding hydrogens is 382 g/mol. The van der Waals surface area contributed by atoms with Crippen LogP contribution in [0.4, 0.5) is 5.69 Å². The lowest BCUT2D eigenvalue weighted by atomic mass is 10.1. The van der Waals surface area contributed by atoms with Crippen LogP contribution in [0.3, 0.4) is 0 Å². The maximum atomic E-state index is 13.2. The summed E-state index contributed by atoms with van der Waals surface area (Å²) in [6.45, 7) is 2.68. The summed E-state index contributed by atoms with van der Waals surface area (Å²) in [6.07, 6.45) is 2.36. The summed E-state index contributed by atoms with van der Waals surface area (Å²) in [4.78, 5) is 38.9. The quantitative estimate of drug-likeness (QED) is 0.681. The average Bonchev–Trinajstić information content (AvgIpc) is 3.28. The molecule has 1 fully saturated rings. The second kappa shape index (κ2) is 8.67. The molecule has 0 bridgehead atoms. The maximum Gasteiger partial charge on any atom is 0.332 e. The van der Waals surface area contributed by atoms with Crippen LogP contribution in [0.2, 0.25) is 0 Å². The lowest BCUT2D eigenvalue weighted by Crippen LogP contribution is -2.43. The molecule has 7 nitrogen and oxygen atoms in total. The van der Waals surface area contributed by atoms with Gasteiger partial charge in [-0.25, -0.2) is 4.79 Å². The van der Waals surface area contributed by atoms with Crippen molar-refractivity contribution >= 4 is 22.5 Å². The number of amides is 1. The molecule has 1 atom stereocenters. The van der Waals surface area contributed by atoms with Gasteiger partial charge in [-0.05, 0) is 43.0 Å². The number of aryl methyl sites for hydroxylation is 1. The Morgan fingerprint density at radius 2 is 1.87 bits per heavy atom. The van der Waals surface area contributed by atoms with Crippen molar-refractivity contribution in [2.75, 3.05) is 11.9 Å². The van der Waals surface area contributed by atoms with Crippen LogP contribution >= 0.6 is 0 Å². The molecule has 1 aliphatic heterocycles. The zero-order valence-electron chi connectivity index (χ0n) is 17.0. The molecule has 1 amide bonds. The van der Waals surface area contributed by atoms with Crippen LogP contribution in [-0.4, -0.2) is 27.8 Å². The predicted octanol–water partition coefficient (Wildman–Crippen LogP) is 2.54. The number of fused-ring (bicyclic) bond motifs is 1. The van der Waals surface area contributed by atoms with Crippen molar-refractivity contribution < 1.29 is 9.53 Å². The fourth-order valence-corrected chi connectivity index (χ4v) is 3.96. The Labute approximate surface area is 173 Å². The summed E-state index contributed by atoms with van der Waals surface area (Å²) < 4.78 is 8.19. The van der Waals surface area contributed by atoms with Crippen LogP contribution in [0.25, 0.3) is 10.9 Å². The summed E-state index contributed by atoms with van der Waals surface area (Å²) in [7, 11) is 0. The van der Waals surface area contributed by atoms with E-state index in [1.54, 1.807) is 24.3 Å². The highest BCUT2D eigenvalue weighted by molar-refractivity contribution is 5.92. The molecule has 1 saturated heterocycles. The number of benzene rings is 2. The first kappa shape index (κ1) is 20.1. The van der Waals surface area contributed by atoms with Gasteiger partial charge in [-0.2, -0.15) is 0 Å². The Balaban J connectivity index is 1.71. The molecule has 2 heterocycles. The first-order valence-corrected chi connectivity index (χ1v) is 10.3. The molecule has 156 valence electrons. The maximum absolute atomic E-state index is 13.2. The summed E-state index contributed by atoms with van der Waals surface area (Å²) in [5, 5.41) is 3.31.